The van der Waals surface area contributed by atoms with E-state index in [0.29, 0.717) is 31.4 Å². The van der Waals surface area contributed by atoms with Crippen LogP contribution in [-0.2, 0) is 14.3 Å². The van der Waals surface area contributed by atoms with Crippen LogP contribution >= 0.6 is 0 Å². The molecule has 0 spiro atoms. The van der Waals surface area contributed by atoms with Gasteiger partial charge in [0.1, 0.15) is 6.10 Å². The minimum atomic E-state index is 0.0863. The van der Waals surface area contributed by atoms with Crippen molar-refractivity contribution in [3.63, 3.8) is 0 Å². The predicted octanol–water partition coefficient (Wildman–Crippen LogP) is 0.783. The van der Waals surface area contributed by atoms with Crippen molar-refractivity contribution in [2.24, 2.45) is 5.92 Å². The Labute approximate surface area is 121 Å². The van der Waals surface area contributed by atoms with Gasteiger partial charge in [0.25, 0.3) is 0 Å². The van der Waals surface area contributed by atoms with Crippen molar-refractivity contribution in [3.8, 4) is 0 Å². The van der Waals surface area contributed by atoms with Crippen LogP contribution in [0.1, 0.15) is 32.1 Å². The molecule has 0 aromatic heterocycles. The van der Waals surface area contributed by atoms with E-state index in [4.69, 9.17) is 9.47 Å². The van der Waals surface area contributed by atoms with Crippen molar-refractivity contribution in [1.82, 2.24) is 10.2 Å². The van der Waals surface area contributed by atoms with Crippen molar-refractivity contribution >= 4 is 5.91 Å². The highest BCUT2D eigenvalue weighted by Gasteiger charge is 2.33. The number of carbonyl (C=O) groups excluding carboxylic acids is 1. The lowest BCUT2D eigenvalue weighted by Crippen LogP contribution is -2.50. The minimum Gasteiger partial charge on any atom is -0.375 e. The number of amides is 1. The van der Waals surface area contributed by atoms with Crippen LogP contribution in [0.15, 0.2) is 0 Å². The molecule has 3 fully saturated rings. The summed E-state index contributed by atoms with van der Waals surface area (Å²) in [6.45, 7) is 5.07. The van der Waals surface area contributed by atoms with Gasteiger partial charge in [-0.1, -0.05) is 0 Å². The lowest BCUT2D eigenvalue weighted by atomic mass is 9.94. The van der Waals surface area contributed by atoms with Crippen LogP contribution in [0.25, 0.3) is 0 Å². The van der Waals surface area contributed by atoms with Gasteiger partial charge in [-0.3, -0.25) is 4.79 Å². The van der Waals surface area contributed by atoms with Gasteiger partial charge < -0.3 is 19.7 Å². The number of hydrogen-bond donors (Lipinski definition) is 1. The molecular weight excluding hydrogens is 256 g/mol. The third-order valence-corrected chi connectivity index (χ3v) is 4.75. The lowest BCUT2D eigenvalue weighted by Gasteiger charge is -2.36. The van der Waals surface area contributed by atoms with Gasteiger partial charge in [0, 0.05) is 26.1 Å². The molecule has 3 saturated heterocycles. The number of hydrogen-bond acceptors (Lipinski definition) is 4. The molecule has 1 N–H and O–H groups in total. The van der Waals surface area contributed by atoms with Crippen LogP contribution in [0.2, 0.25) is 0 Å². The second-order valence-corrected chi connectivity index (χ2v) is 6.20. The maximum absolute atomic E-state index is 12.4. The Hall–Kier alpha value is -0.650. The Balaban J connectivity index is 1.49. The van der Waals surface area contributed by atoms with Gasteiger partial charge in [-0.15, -0.1) is 0 Å². The summed E-state index contributed by atoms with van der Waals surface area (Å²) in [5.41, 5.74) is 0. The van der Waals surface area contributed by atoms with Crippen LogP contribution in [0, 0.1) is 5.92 Å². The normalized spacial score (nSPS) is 32.5. The number of ether oxygens (including phenoxy) is 2. The molecule has 0 bridgehead atoms. The SMILES string of the molecule is O=C(CC1CCNCC1)N1CCO[C@@H]([C@@H]2CCCO2)C1. The van der Waals surface area contributed by atoms with Gasteiger partial charge in [0.2, 0.25) is 5.91 Å². The largest absolute Gasteiger partial charge is 0.375 e. The van der Waals surface area contributed by atoms with Crippen molar-refractivity contribution in [2.45, 2.75) is 44.3 Å². The van der Waals surface area contributed by atoms with Crippen LogP contribution in [0.5, 0.6) is 0 Å². The van der Waals surface area contributed by atoms with E-state index < -0.39 is 0 Å². The number of rotatable bonds is 3. The first-order valence-corrected chi connectivity index (χ1v) is 8.04. The van der Waals surface area contributed by atoms with E-state index >= 15 is 0 Å². The topological polar surface area (TPSA) is 50.8 Å². The summed E-state index contributed by atoms with van der Waals surface area (Å²) in [4.78, 5) is 14.4. The molecule has 5 nitrogen and oxygen atoms in total. The molecule has 3 rings (SSSR count). The van der Waals surface area contributed by atoms with E-state index in [-0.39, 0.29) is 12.2 Å². The molecule has 3 heterocycles. The number of nitrogens with zero attached hydrogens (tertiary/aromatic N) is 1. The molecule has 20 heavy (non-hydrogen) atoms. The second-order valence-electron chi connectivity index (χ2n) is 6.20. The quantitative estimate of drug-likeness (QED) is 0.831. The van der Waals surface area contributed by atoms with Crippen LogP contribution < -0.4 is 5.32 Å². The Morgan fingerprint density at radius 3 is 2.65 bits per heavy atom. The maximum Gasteiger partial charge on any atom is 0.223 e. The third kappa shape index (κ3) is 3.51. The van der Waals surface area contributed by atoms with E-state index in [2.05, 4.69) is 5.32 Å². The predicted molar refractivity (Wildman–Crippen MR) is 75.5 cm³/mol. The van der Waals surface area contributed by atoms with Gasteiger partial charge in [-0.25, -0.2) is 0 Å². The van der Waals surface area contributed by atoms with Crippen molar-refractivity contribution < 1.29 is 14.3 Å². The monoisotopic (exact) mass is 282 g/mol. The fourth-order valence-electron chi connectivity index (χ4n) is 3.48. The first-order valence-electron chi connectivity index (χ1n) is 8.04. The smallest absolute Gasteiger partial charge is 0.223 e. The molecule has 0 unspecified atom stereocenters. The zero-order valence-corrected chi connectivity index (χ0v) is 12.2. The van der Waals surface area contributed by atoms with Gasteiger partial charge in [0.15, 0.2) is 0 Å². The summed E-state index contributed by atoms with van der Waals surface area (Å²) < 4.78 is 11.5. The first kappa shape index (κ1) is 14.3. The molecular formula is C15H26N2O3. The summed E-state index contributed by atoms with van der Waals surface area (Å²) in [7, 11) is 0. The summed E-state index contributed by atoms with van der Waals surface area (Å²) in [6.07, 6.45) is 5.44. The summed E-state index contributed by atoms with van der Waals surface area (Å²) in [5.74, 6) is 0.871. The molecule has 114 valence electrons. The van der Waals surface area contributed by atoms with E-state index in [1.54, 1.807) is 0 Å². The van der Waals surface area contributed by atoms with E-state index in [0.717, 1.165) is 51.9 Å². The van der Waals surface area contributed by atoms with Crippen molar-refractivity contribution in [3.05, 3.63) is 0 Å². The number of carbonyl (C=O) groups is 1. The van der Waals surface area contributed by atoms with E-state index in [1.165, 1.54) is 0 Å². The van der Waals surface area contributed by atoms with Gasteiger partial charge in [-0.05, 0) is 44.7 Å². The van der Waals surface area contributed by atoms with Gasteiger partial charge in [0.05, 0.1) is 12.7 Å². The number of nitrogens with one attached hydrogen (secondary N) is 1. The highest BCUT2D eigenvalue weighted by Crippen LogP contribution is 2.23. The van der Waals surface area contributed by atoms with Gasteiger partial charge in [-0.2, -0.15) is 0 Å². The molecule has 0 radical (unpaired) electrons. The zero-order chi connectivity index (χ0) is 13.8. The Morgan fingerprint density at radius 2 is 1.90 bits per heavy atom. The van der Waals surface area contributed by atoms with E-state index in [1.807, 2.05) is 4.90 Å². The fraction of sp³-hybridized carbons (Fsp3) is 0.933. The lowest BCUT2D eigenvalue weighted by molar-refractivity contribution is -0.145. The molecule has 0 aliphatic carbocycles. The number of piperidine rings is 1. The summed E-state index contributed by atoms with van der Waals surface area (Å²) in [6, 6.07) is 0. The Morgan fingerprint density at radius 1 is 1.10 bits per heavy atom. The Kier molecular flexibility index (Phi) is 4.91. The standard InChI is InChI=1S/C15H26N2O3/c18-15(10-12-3-5-16-6-4-12)17-7-9-20-14(11-17)13-2-1-8-19-13/h12-14,16H,1-11H2/t13-,14+/m0/s1. The molecule has 1 amide bonds. The van der Waals surface area contributed by atoms with Crippen LogP contribution in [0.3, 0.4) is 0 Å². The molecule has 3 aliphatic heterocycles. The molecule has 2 atom stereocenters. The molecule has 0 aromatic rings. The van der Waals surface area contributed by atoms with Crippen LogP contribution in [0.4, 0.5) is 0 Å². The average molecular weight is 282 g/mol. The van der Waals surface area contributed by atoms with Crippen molar-refractivity contribution in [2.75, 3.05) is 39.4 Å². The minimum absolute atomic E-state index is 0.0863. The molecule has 3 aliphatic rings. The van der Waals surface area contributed by atoms with E-state index in [9.17, 15) is 4.79 Å². The van der Waals surface area contributed by atoms with Crippen LogP contribution in [-0.4, -0.2) is 62.4 Å². The molecule has 0 aromatic carbocycles. The number of morpholine rings is 1. The molecule has 0 saturated carbocycles. The third-order valence-electron chi connectivity index (χ3n) is 4.75. The van der Waals surface area contributed by atoms with Crippen molar-refractivity contribution in [1.29, 1.82) is 0 Å². The Bertz CT molecular complexity index is 325. The first-order chi connectivity index (χ1) is 9.83. The second kappa shape index (κ2) is 6.87. The highest BCUT2D eigenvalue weighted by atomic mass is 16.5. The summed E-state index contributed by atoms with van der Waals surface area (Å²) in [5, 5.41) is 3.35. The highest BCUT2D eigenvalue weighted by molar-refractivity contribution is 5.76. The summed E-state index contributed by atoms with van der Waals surface area (Å²) >= 11 is 0. The average Bonchev–Trinajstić information content (AvgIpc) is 3.03. The van der Waals surface area contributed by atoms with Gasteiger partial charge >= 0.3 is 0 Å². The molecule has 5 heteroatoms. The fourth-order valence-corrected chi connectivity index (χ4v) is 3.48. The maximum atomic E-state index is 12.4. The zero-order valence-electron chi connectivity index (χ0n) is 12.2.